The van der Waals surface area contributed by atoms with Crippen LogP contribution in [0.2, 0.25) is 5.15 Å². The van der Waals surface area contributed by atoms with Gasteiger partial charge in [-0.05, 0) is 42.3 Å². The van der Waals surface area contributed by atoms with Crippen molar-refractivity contribution in [3.63, 3.8) is 0 Å². The molecular formula is C17H17ClN2O2. The summed E-state index contributed by atoms with van der Waals surface area (Å²) in [6.07, 6.45) is 0. The van der Waals surface area contributed by atoms with Gasteiger partial charge >= 0.3 is 0 Å². The molecule has 1 saturated heterocycles. The summed E-state index contributed by atoms with van der Waals surface area (Å²) < 4.78 is 5.27. The Morgan fingerprint density at radius 3 is 2.45 bits per heavy atom. The van der Waals surface area contributed by atoms with Crippen LogP contribution in [0.4, 0.5) is 0 Å². The molecule has 0 N–H and O–H groups in total. The minimum atomic E-state index is 0.0544. The third-order valence-electron chi connectivity index (χ3n) is 3.69. The molecule has 0 unspecified atom stereocenters. The van der Waals surface area contributed by atoms with E-state index >= 15 is 0 Å². The first-order valence-electron chi connectivity index (χ1n) is 7.25. The van der Waals surface area contributed by atoms with Crippen LogP contribution in [0.25, 0.3) is 11.1 Å². The fourth-order valence-corrected chi connectivity index (χ4v) is 2.80. The van der Waals surface area contributed by atoms with Gasteiger partial charge in [-0.25, -0.2) is 4.98 Å². The van der Waals surface area contributed by atoms with Crippen LogP contribution in [0.3, 0.4) is 0 Å². The molecule has 0 saturated carbocycles. The molecule has 0 aliphatic carbocycles. The third kappa shape index (κ3) is 3.29. The van der Waals surface area contributed by atoms with Gasteiger partial charge in [-0.15, -0.1) is 0 Å². The Morgan fingerprint density at radius 1 is 1.14 bits per heavy atom. The largest absolute Gasteiger partial charge is 0.378 e. The molecule has 4 nitrogen and oxygen atoms in total. The number of rotatable bonds is 2. The van der Waals surface area contributed by atoms with Crippen LogP contribution in [0.1, 0.15) is 16.1 Å². The van der Waals surface area contributed by atoms with Crippen molar-refractivity contribution in [2.45, 2.75) is 6.92 Å². The number of carbonyl (C=O) groups excluding carboxylic acids is 1. The highest BCUT2D eigenvalue weighted by atomic mass is 35.5. The fraction of sp³-hybridized carbons (Fsp3) is 0.294. The molecule has 1 aliphatic rings. The first-order chi connectivity index (χ1) is 10.6. The predicted octanol–water partition coefficient (Wildman–Crippen LogP) is 3.18. The SMILES string of the molecule is Cc1cc(-c2ccc(C(=O)N3CCOCC3)cc2)cc(Cl)n1. The van der Waals surface area contributed by atoms with Gasteiger partial charge < -0.3 is 9.64 Å². The van der Waals surface area contributed by atoms with E-state index in [1.807, 2.05) is 48.2 Å². The van der Waals surface area contributed by atoms with E-state index in [4.69, 9.17) is 16.3 Å². The van der Waals surface area contributed by atoms with Crippen molar-refractivity contribution in [2.75, 3.05) is 26.3 Å². The Labute approximate surface area is 134 Å². The van der Waals surface area contributed by atoms with E-state index in [0.717, 1.165) is 16.8 Å². The van der Waals surface area contributed by atoms with Crippen molar-refractivity contribution in [2.24, 2.45) is 0 Å². The Bertz CT molecular complexity index is 659. The maximum Gasteiger partial charge on any atom is 0.254 e. The molecule has 2 aromatic rings. The average Bonchev–Trinajstić information content (AvgIpc) is 2.54. The number of ether oxygens (including phenoxy) is 1. The zero-order chi connectivity index (χ0) is 15.5. The zero-order valence-corrected chi connectivity index (χ0v) is 13.1. The van der Waals surface area contributed by atoms with E-state index in [-0.39, 0.29) is 5.91 Å². The van der Waals surface area contributed by atoms with Crippen molar-refractivity contribution in [3.8, 4) is 11.1 Å². The Balaban J connectivity index is 1.81. The molecular weight excluding hydrogens is 300 g/mol. The highest BCUT2D eigenvalue weighted by molar-refractivity contribution is 6.29. The van der Waals surface area contributed by atoms with Crippen molar-refractivity contribution in [1.29, 1.82) is 0 Å². The number of hydrogen-bond acceptors (Lipinski definition) is 3. The van der Waals surface area contributed by atoms with Gasteiger partial charge in [0.2, 0.25) is 0 Å². The van der Waals surface area contributed by atoms with Gasteiger partial charge in [-0.2, -0.15) is 0 Å². The summed E-state index contributed by atoms with van der Waals surface area (Å²) in [5, 5.41) is 0.475. The predicted molar refractivity (Wildman–Crippen MR) is 86.1 cm³/mol. The first kappa shape index (κ1) is 15.0. The van der Waals surface area contributed by atoms with Gasteiger partial charge in [0.25, 0.3) is 5.91 Å². The molecule has 0 bridgehead atoms. The van der Waals surface area contributed by atoms with Gasteiger partial charge in [0.15, 0.2) is 0 Å². The summed E-state index contributed by atoms with van der Waals surface area (Å²) in [4.78, 5) is 18.4. The van der Waals surface area contributed by atoms with Gasteiger partial charge in [-0.1, -0.05) is 23.7 Å². The molecule has 1 aliphatic heterocycles. The quantitative estimate of drug-likeness (QED) is 0.799. The number of pyridine rings is 1. The Kier molecular flexibility index (Phi) is 4.41. The topological polar surface area (TPSA) is 42.4 Å². The van der Waals surface area contributed by atoms with Gasteiger partial charge in [0.1, 0.15) is 5.15 Å². The van der Waals surface area contributed by atoms with Crippen LogP contribution in [0.5, 0.6) is 0 Å². The van der Waals surface area contributed by atoms with Crippen LogP contribution in [0.15, 0.2) is 36.4 Å². The number of benzene rings is 1. The summed E-state index contributed by atoms with van der Waals surface area (Å²) in [6.45, 7) is 4.43. The number of nitrogens with zero attached hydrogens (tertiary/aromatic N) is 2. The summed E-state index contributed by atoms with van der Waals surface area (Å²) in [6, 6.07) is 11.4. The second kappa shape index (κ2) is 6.46. The normalized spacial score (nSPS) is 14.9. The summed E-state index contributed by atoms with van der Waals surface area (Å²) >= 11 is 6.00. The minimum absolute atomic E-state index is 0.0544. The summed E-state index contributed by atoms with van der Waals surface area (Å²) in [7, 11) is 0. The van der Waals surface area contributed by atoms with Crippen molar-refractivity contribution < 1.29 is 9.53 Å². The van der Waals surface area contributed by atoms with Crippen molar-refractivity contribution >= 4 is 17.5 Å². The highest BCUT2D eigenvalue weighted by Gasteiger charge is 2.18. The molecule has 1 amide bonds. The fourth-order valence-electron chi connectivity index (χ4n) is 2.55. The van der Waals surface area contributed by atoms with Crippen molar-refractivity contribution in [3.05, 3.63) is 52.8 Å². The maximum absolute atomic E-state index is 12.4. The Morgan fingerprint density at radius 2 is 1.82 bits per heavy atom. The number of halogens is 1. The van der Waals surface area contributed by atoms with E-state index in [0.29, 0.717) is 37.0 Å². The highest BCUT2D eigenvalue weighted by Crippen LogP contribution is 2.23. The van der Waals surface area contributed by atoms with Gasteiger partial charge in [0, 0.05) is 24.3 Å². The third-order valence-corrected chi connectivity index (χ3v) is 3.88. The molecule has 0 atom stereocenters. The van der Waals surface area contributed by atoms with Crippen LogP contribution in [-0.4, -0.2) is 42.1 Å². The lowest BCUT2D eigenvalue weighted by Gasteiger charge is -2.26. The molecule has 0 radical (unpaired) electrons. The minimum Gasteiger partial charge on any atom is -0.378 e. The smallest absolute Gasteiger partial charge is 0.254 e. The van der Waals surface area contributed by atoms with Gasteiger partial charge in [0.05, 0.1) is 13.2 Å². The van der Waals surface area contributed by atoms with E-state index in [1.165, 1.54) is 0 Å². The lowest BCUT2D eigenvalue weighted by molar-refractivity contribution is 0.0303. The van der Waals surface area contributed by atoms with E-state index in [9.17, 15) is 4.79 Å². The van der Waals surface area contributed by atoms with Crippen LogP contribution >= 0.6 is 11.6 Å². The van der Waals surface area contributed by atoms with Crippen LogP contribution < -0.4 is 0 Å². The number of aromatic nitrogens is 1. The standard InChI is InChI=1S/C17H17ClN2O2/c1-12-10-15(11-16(18)19-12)13-2-4-14(5-3-13)17(21)20-6-8-22-9-7-20/h2-5,10-11H,6-9H2,1H3. The molecule has 22 heavy (non-hydrogen) atoms. The second-order valence-electron chi connectivity index (χ2n) is 5.30. The van der Waals surface area contributed by atoms with Crippen molar-refractivity contribution in [1.82, 2.24) is 9.88 Å². The molecule has 2 heterocycles. The molecule has 1 aromatic carbocycles. The second-order valence-corrected chi connectivity index (χ2v) is 5.69. The lowest BCUT2D eigenvalue weighted by Crippen LogP contribution is -2.40. The average molecular weight is 317 g/mol. The lowest BCUT2D eigenvalue weighted by atomic mass is 10.0. The van der Waals surface area contributed by atoms with Crippen LogP contribution in [-0.2, 0) is 4.74 Å². The molecule has 0 spiro atoms. The van der Waals surface area contributed by atoms with E-state index in [2.05, 4.69) is 4.98 Å². The number of morpholine rings is 1. The number of hydrogen-bond donors (Lipinski definition) is 0. The van der Waals surface area contributed by atoms with Crippen LogP contribution in [0, 0.1) is 6.92 Å². The molecule has 3 rings (SSSR count). The zero-order valence-electron chi connectivity index (χ0n) is 12.4. The summed E-state index contributed by atoms with van der Waals surface area (Å²) in [5.41, 5.74) is 3.59. The van der Waals surface area contributed by atoms with E-state index in [1.54, 1.807) is 0 Å². The number of carbonyl (C=O) groups is 1. The maximum atomic E-state index is 12.4. The monoisotopic (exact) mass is 316 g/mol. The number of aryl methyl sites for hydroxylation is 1. The molecule has 1 fully saturated rings. The summed E-state index contributed by atoms with van der Waals surface area (Å²) in [5.74, 6) is 0.0544. The molecule has 1 aromatic heterocycles. The Hall–Kier alpha value is -1.91. The molecule has 5 heteroatoms. The number of amides is 1. The van der Waals surface area contributed by atoms with E-state index < -0.39 is 0 Å². The van der Waals surface area contributed by atoms with Gasteiger partial charge in [-0.3, -0.25) is 4.79 Å². The molecule has 114 valence electrons. The first-order valence-corrected chi connectivity index (χ1v) is 7.63.